The molecule has 0 saturated carbocycles. The zero-order valence-electron chi connectivity index (χ0n) is 15.9. The Morgan fingerprint density at radius 3 is 2.17 bits per heavy atom. The van der Waals surface area contributed by atoms with Gasteiger partial charge in [-0.15, -0.1) is 0 Å². The number of aliphatic imine (C=N–C) groups is 1. The molecule has 1 N–H and O–H groups in total. The van der Waals surface area contributed by atoms with Gasteiger partial charge in [0, 0.05) is 25.2 Å². The summed E-state index contributed by atoms with van der Waals surface area (Å²) in [5.74, 6) is 1.16. The van der Waals surface area contributed by atoms with Crippen LogP contribution in [0, 0.1) is 0 Å². The number of nitrogens with one attached hydrogen (secondary N) is 1. The van der Waals surface area contributed by atoms with Gasteiger partial charge in [0.2, 0.25) is 0 Å². The summed E-state index contributed by atoms with van der Waals surface area (Å²) in [5.41, 5.74) is 0.299. The van der Waals surface area contributed by atoms with Crippen molar-refractivity contribution in [1.82, 2.24) is 20.0 Å². The molecule has 5 nitrogen and oxygen atoms in total. The third-order valence-electron chi connectivity index (χ3n) is 6.21. The van der Waals surface area contributed by atoms with Gasteiger partial charge in [-0.3, -0.25) is 9.89 Å². The van der Waals surface area contributed by atoms with Crippen LogP contribution in [0.2, 0.25) is 0 Å². The molecule has 3 aliphatic heterocycles. The largest absolute Gasteiger partial charge is 0.357 e. The molecule has 24 heavy (non-hydrogen) atoms. The fourth-order valence-corrected chi connectivity index (χ4v) is 4.55. The second-order valence-corrected chi connectivity index (χ2v) is 7.94. The van der Waals surface area contributed by atoms with E-state index in [0.29, 0.717) is 5.54 Å². The van der Waals surface area contributed by atoms with Crippen molar-refractivity contribution in [3.8, 4) is 0 Å². The molecular formula is C19H37N5. The van der Waals surface area contributed by atoms with E-state index in [0.717, 1.165) is 19.0 Å². The van der Waals surface area contributed by atoms with E-state index in [1.54, 1.807) is 0 Å². The summed E-state index contributed by atoms with van der Waals surface area (Å²) in [6.45, 7) is 11.4. The lowest BCUT2D eigenvalue weighted by atomic mass is 9.84. The zero-order chi connectivity index (χ0) is 16.8. The highest BCUT2D eigenvalue weighted by molar-refractivity contribution is 5.80. The molecule has 138 valence electrons. The predicted octanol–water partition coefficient (Wildman–Crippen LogP) is 2.00. The summed E-state index contributed by atoms with van der Waals surface area (Å²) in [6.07, 6.45) is 9.31. The Morgan fingerprint density at radius 1 is 0.917 bits per heavy atom. The van der Waals surface area contributed by atoms with Gasteiger partial charge in [0.05, 0.1) is 6.54 Å². The van der Waals surface area contributed by atoms with Gasteiger partial charge < -0.3 is 15.1 Å². The summed E-state index contributed by atoms with van der Waals surface area (Å²) in [4.78, 5) is 12.9. The molecule has 0 aromatic heterocycles. The zero-order valence-corrected chi connectivity index (χ0v) is 15.9. The highest BCUT2D eigenvalue weighted by atomic mass is 15.3. The van der Waals surface area contributed by atoms with Crippen molar-refractivity contribution in [2.75, 3.05) is 59.4 Å². The highest BCUT2D eigenvalue weighted by Gasteiger charge is 2.39. The monoisotopic (exact) mass is 335 g/mol. The molecule has 5 heteroatoms. The predicted molar refractivity (Wildman–Crippen MR) is 102 cm³/mol. The number of guanidine groups is 1. The Balaban J connectivity index is 1.73. The van der Waals surface area contributed by atoms with Gasteiger partial charge in [-0.05, 0) is 78.7 Å². The van der Waals surface area contributed by atoms with Crippen molar-refractivity contribution in [2.24, 2.45) is 4.99 Å². The van der Waals surface area contributed by atoms with E-state index in [1.807, 2.05) is 0 Å². The molecule has 0 aromatic carbocycles. The van der Waals surface area contributed by atoms with Crippen molar-refractivity contribution in [3.05, 3.63) is 0 Å². The van der Waals surface area contributed by atoms with Crippen LogP contribution in [0.5, 0.6) is 0 Å². The first kappa shape index (κ1) is 18.0. The van der Waals surface area contributed by atoms with Crippen molar-refractivity contribution >= 4 is 5.96 Å². The van der Waals surface area contributed by atoms with Crippen LogP contribution >= 0.6 is 0 Å². The average Bonchev–Trinajstić information content (AvgIpc) is 3.16. The SMILES string of the molecule is CCNC(=NCC1(N2CCCCC2)CCN(C)CC1)N1CCCC1. The van der Waals surface area contributed by atoms with Crippen LogP contribution in [0.3, 0.4) is 0 Å². The lowest BCUT2D eigenvalue weighted by molar-refractivity contribution is 0.0207. The Labute approximate surface area is 148 Å². The normalized spacial score (nSPS) is 26.8. The number of hydrogen-bond donors (Lipinski definition) is 1. The van der Waals surface area contributed by atoms with Crippen molar-refractivity contribution in [2.45, 2.75) is 57.4 Å². The first-order valence-electron chi connectivity index (χ1n) is 10.2. The van der Waals surface area contributed by atoms with Crippen LogP contribution < -0.4 is 5.32 Å². The molecule has 0 amide bonds. The molecule has 0 aromatic rings. The minimum atomic E-state index is 0.299. The molecule has 0 radical (unpaired) electrons. The number of rotatable bonds is 4. The van der Waals surface area contributed by atoms with E-state index < -0.39 is 0 Å². The topological polar surface area (TPSA) is 34.1 Å². The lowest BCUT2D eigenvalue weighted by Gasteiger charge is -2.49. The summed E-state index contributed by atoms with van der Waals surface area (Å²) in [5, 5.41) is 3.54. The smallest absolute Gasteiger partial charge is 0.193 e. The fourth-order valence-electron chi connectivity index (χ4n) is 4.55. The number of likely N-dealkylation sites (tertiary alicyclic amines) is 3. The second-order valence-electron chi connectivity index (χ2n) is 7.94. The maximum Gasteiger partial charge on any atom is 0.193 e. The van der Waals surface area contributed by atoms with Gasteiger partial charge in [-0.1, -0.05) is 6.42 Å². The molecule has 0 aliphatic carbocycles. The number of nitrogens with zero attached hydrogens (tertiary/aromatic N) is 4. The van der Waals surface area contributed by atoms with E-state index in [2.05, 4.69) is 34.0 Å². The first-order chi connectivity index (χ1) is 11.7. The van der Waals surface area contributed by atoms with Crippen LogP contribution in [0.4, 0.5) is 0 Å². The van der Waals surface area contributed by atoms with E-state index >= 15 is 0 Å². The Morgan fingerprint density at radius 2 is 1.54 bits per heavy atom. The average molecular weight is 336 g/mol. The van der Waals surface area contributed by atoms with Gasteiger partial charge in [0.1, 0.15) is 0 Å². The molecule has 0 unspecified atom stereocenters. The quantitative estimate of drug-likeness (QED) is 0.629. The molecule has 3 saturated heterocycles. The minimum absolute atomic E-state index is 0.299. The maximum atomic E-state index is 5.16. The molecule has 0 bridgehead atoms. The van der Waals surface area contributed by atoms with Gasteiger partial charge in [0.15, 0.2) is 5.96 Å². The third kappa shape index (κ3) is 4.23. The van der Waals surface area contributed by atoms with E-state index in [-0.39, 0.29) is 0 Å². The Hall–Kier alpha value is -0.810. The summed E-state index contributed by atoms with van der Waals surface area (Å²) in [7, 11) is 2.26. The second kappa shape index (κ2) is 8.52. The van der Waals surface area contributed by atoms with Crippen molar-refractivity contribution < 1.29 is 0 Å². The third-order valence-corrected chi connectivity index (χ3v) is 6.21. The van der Waals surface area contributed by atoms with E-state index in [4.69, 9.17) is 4.99 Å². The number of hydrogen-bond acceptors (Lipinski definition) is 3. The molecule has 3 rings (SSSR count). The summed E-state index contributed by atoms with van der Waals surface area (Å²) >= 11 is 0. The molecule has 3 aliphatic rings. The van der Waals surface area contributed by atoms with Crippen LogP contribution in [-0.2, 0) is 0 Å². The molecular weight excluding hydrogens is 298 g/mol. The molecule has 3 heterocycles. The standard InChI is InChI=1S/C19H37N5/c1-3-20-18(23-11-7-8-12-23)21-17-19(9-15-22(2)16-10-19)24-13-5-4-6-14-24/h3-17H2,1-2H3,(H,20,21). The molecule has 3 fully saturated rings. The number of piperidine rings is 2. The van der Waals surface area contributed by atoms with Gasteiger partial charge in [0.25, 0.3) is 0 Å². The molecule has 0 spiro atoms. The minimum Gasteiger partial charge on any atom is -0.357 e. The lowest BCUT2D eigenvalue weighted by Crippen LogP contribution is -2.58. The van der Waals surface area contributed by atoms with Gasteiger partial charge >= 0.3 is 0 Å². The van der Waals surface area contributed by atoms with Crippen LogP contribution in [0.25, 0.3) is 0 Å². The van der Waals surface area contributed by atoms with Crippen LogP contribution in [0.15, 0.2) is 4.99 Å². The summed E-state index contributed by atoms with van der Waals surface area (Å²) < 4.78 is 0. The van der Waals surface area contributed by atoms with Crippen molar-refractivity contribution in [3.63, 3.8) is 0 Å². The van der Waals surface area contributed by atoms with Crippen LogP contribution in [-0.4, -0.2) is 85.6 Å². The van der Waals surface area contributed by atoms with Crippen LogP contribution in [0.1, 0.15) is 51.9 Å². The highest BCUT2D eigenvalue weighted by Crippen LogP contribution is 2.31. The maximum absolute atomic E-state index is 5.16. The first-order valence-corrected chi connectivity index (χ1v) is 10.2. The van der Waals surface area contributed by atoms with Gasteiger partial charge in [-0.2, -0.15) is 0 Å². The Kier molecular flexibility index (Phi) is 6.39. The molecule has 0 atom stereocenters. The summed E-state index contributed by atoms with van der Waals surface area (Å²) in [6, 6.07) is 0. The van der Waals surface area contributed by atoms with E-state index in [1.165, 1.54) is 84.2 Å². The fraction of sp³-hybridized carbons (Fsp3) is 0.947. The van der Waals surface area contributed by atoms with Gasteiger partial charge in [-0.25, -0.2) is 0 Å². The van der Waals surface area contributed by atoms with E-state index in [9.17, 15) is 0 Å². The Bertz CT molecular complexity index is 402. The van der Waals surface area contributed by atoms with Crippen molar-refractivity contribution in [1.29, 1.82) is 0 Å².